The van der Waals surface area contributed by atoms with Crippen molar-refractivity contribution in [3.8, 4) is 0 Å². The summed E-state index contributed by atoms with van der Waals surface area (Å²) in [5.74, 6) is 0. The van der Waals surface area contributed by atoms with Gasteiger partial charge in [-0.1, -0.05) is 35.9 Å². The van der Waals surface area contributed by atoms with E-state index < -0.39 is 0 Å². The van der Waals surface area contributed by atoms with Gasteiger partial charge < -0.3 is 9.47 Å². The van der Waals surface area contributed by atoms with Crippen LogP contribution in [0.2, 0.25) is 0 Å². The van der Waals surface area contributed by atoms with Crippen LogP contribution < -0.4 is 0 Å². The van der Waals surface area contributed by atoms with E-state index >= 15 is 0 Å². The van der Waals surface area contributed by atoms with E-state index in [9.17, 15) is 0 Å². The van der Waals surface area contributed by atoms with Crippen molar-refractivity contribution < 1.29 is 9.47 Å². The highest BCUT2D eigenvalue weighted by molar-refractivity contribution is 14.1. The zero-order valence-corrected chi connectivity index (χ0v) is 8.76. The zero-order valence-electron chi connectivity index (χ0n) is 6.60. The Kier molecular flexibility index (Phi) is 8.26. The Labute approximate surface area is 76.4 Å². The lowest BCUT2D eigenvalue weighted by atomic mass is 10.3. The SMILES string of the molecule is CCCC(OC)OCCI. The molecule has 0 aliphatic carbocycles. The number of alkyl halides is 1. The molecule has 0 heterocycles. The van der Waals surface area contributed by atoms with Crippen LogP contribution in [0.1, 0.15) is 19.8 Å². The van der Waals surface area contributed by atoms with Crippen LogP contribution in [-0.4, -0.2) is 24.4 Å². The topological polar surface area (TPSA) is 18.5 Å². The minimum absolute atomic E-state index is 0.0137. The normalized spacial score (nSPS) is 13.5. The van der Waals surface area contributed by atoms with Crippen molar-refractivity contribution in [3.05, 3.63) is 0 Å². The largest absolute Gasteiger partial charge is 0.356 e. The number of hydrogen-bond acceptors (Lipinski definition) is 2. The first-order valence-corrected chi connectivity index (χ1v) is 5.08. The lowest BCUT2D eigenvalue weighted by molar-refractivity contribution is -0.122. The van der Waals surface area contributed by atoms with Gasteiger partial charge >= 0.3 is 0 Å². The standard InChI is InChI=1S/C7H15IO2/c1-3-4-7(9-2)10-6-5-8/h7H,3-6H2,1-2H3. The maximum atomic E-state index is 5.35. The van der Waals surface area contributed by atoms with E-state index in [0.29, 0.717) is 0 Å². The minimum Gasteiger partial charge on any atom is -0.356 e. The average Bonchev–Trinajstić information content (AvgIpc) is 1.98. The summed E-state index contributed by atoms with van der Waals surface area (Å²) in [6, 6.07) is 0. The molecule has 0 aromatic heterocycles. The fourth-order valence-electron chi connectivity index (χ4n) is 0.681. The van der Waals surface area contributed by atoms with Gasteiger partial charge in [0.05, 0.1) is 6.61 Å². The van der Waals surface area contributed by atoms with Crippen LogP contribution in [0.3, 0.4) is 0 Å². The quantitative estimate of drug-likeness (QED) is 0.413. The molecule has 2 nitrogen and oxygen atoms in total. The number of ether oxygens (including phenoxy) is 2. The van der Waals surface area contributed by atoms with Gasteiger partial charge in [0, 0.05) is 11.5 Å². The molecule has 0 bridgehead atoms. The summed E-state index contributed by atoms with van der Waals surface area (Å²) in [5.41, 5.74) is 0. The predicted molar refractivity (Wildman–Crippen MR) is 50.5 cm³/mol. The second-order valence-corrected chi connectivity index (χ2v) is 3.09. The maximum absolute atomic E-state index is 5.35. The fourth-order valence-corrected chi connectivity index (χ4v) is 0.935. The molecule has 0 aliphatic heterocycles. The van der Waals surface area contributed by atoms with Gasteiger partial charge in [-0.2, -0.15) is 0 Å². The van der Waals surface area contributed by atoms with E-state index in [-0.39, 0.29) is 6.29 Å². The summed E-state index contributed by atoms with van der Waals surface area (Å²) >= 11 is 2.28. The molecular formula is C7H15IO2. The Balaban J connectivity index is 3.21. The monoisotopic (exact) mass is 258 g/mol. The Morgan fingerprint density at radius 1 is 1.50 bits per heavy atom. The molecule has 0 saturated carbocycles. The molecule has 0 saturated heterocycles. The van der Waals surface area contributed by atoms with E-state index in [1.54, 1.807) is 7.11 Å². The Bertz CT molecular complexity index is 68.6. The molecule has 0 radical (unpaired) electrons. The molecule has 0 fully saturated rings. The Morgan fingerprint density at radius 2 is 2.20 bits per heavy atom. The second kappa shape index (κ2) is 7.75. The van der Waals surface area contributed by atoms with E-state index in [4.69, 9.17) is 9.47 Å². The van der Waals surface area contributed by atoms with Crippen molar-refractivity contribution in [2.75, 3.05) is 18.1 Å². The van der Waals surface area contributed by atoms with E-state index in [0.717, 1.165) is 23.9 Å². The molecule has 0 amide bonds. The van der Waals surface area contributed by atoms with Gasteiger partial charge in [0.1, 0.15) is 0 Å². The van der Waals surface area contributed by atoms with Gasteiger partial charge in [0.15, 0.2) is 6.29 Å². The van der Waals surface area contributed by atoms with Crippen LogP contribution in [0, 0.1) is 0 Å². The molecule has 0 spiro atoms. The summed E-state index contributed by atoms with van der Waals surface area (Å²) in [6.07, 6.45) is 2.12. The summed E-state index contributed by atoms with van der Waals surface area (Å²) < 4.78 is 11.4. The van der Waals surface area contributed by atoms with Crippen LogP contribution in [0.15, 0.2) is 0 Å². The fraction of sp³-hybridized carbons (Fsp3) is 1.00. The third-order valence-electron chi connectivity index (χ3n) is 1.17. The van der Waals surface area contributed by atoms with Crippen molar-refractivity contribution in [2.45, 2.75) is 26.1 Å². The number of halogens is 1. The Hall–Kier alpha value is 0.650. The molecule has 0 N–H and O–H groups in total. The van der Waals surface area contributed by atoms with Crippen LogP contribution in [0.25, 0.3) is 0 Å². The molecule has 3 heteroatoms. The van der Waals surface area contributed by atoms with Crippen LogP contribution in [0.5, 0.6) is 0 Å². The highest BCUT2D eigenvalue weighted by Gasteiger charge is 2.03. The van der Waals surface area contributed by atoms with Gasteiger partial charge in [0.25, 0.3) is 0 Å². The molecule has 1 atom stereocenters. The molecule has 62 valence electrons. The molecule has 0 aromatic rings. The molecule has 0 aromatic carbocycles. The third-order valence-corrected chi connectivity index (χ3v) is 1.61. The van der Waals surface area contributed by atoms with E-state index in [2.05, 4.69) is 29.5 Å². The van der Waals surface area contributed by atoms with E-state index in [1.807, 2.05) is 0 Å². The highest BCUT2D eigenvalue weighted by atomic mass is 127. The first-order chi connectivity index (χ1) is 4.85. The minimum atomic E-state index is 0.0137. The van der Waals surface area contributed by atoms with Crippen LogP contribution in [-0.2, 0) is 9.47 Å². The maximum Gasteiger partial charge on any atom is 0.157 e. The molecule has 0 rings (SSSR count). The van der Waals surface area contributed by atoms with Crippen molar-refractivity contribution in [2.24, 2.45) is 0 Å². The third kappa shape index (κ3) is 5.44. The van der Waals surface area contributed by atoms with Gasteiger partial charge in [0.2, 0.25) is 0 Å². The Morgan fingerprint density at radius 3 is 2.60 bits per heavy atom. The lowest BCUT2D eigenvalue weighted by Gasteiger charge is -2.13. The first kappa shape index (κ1) is 10.7. The molecule has 0 aliphatic rings. The van der Waals surface area contributed by atoms with Gasteiger partial charge in [-0.3, -0.25) is 0 Å². The molecule has 10 heavy (non-hydrogen) atoms. The zero-order chi connectivity index (χ0) is 7.82. The van der Waals surface area contributed by atoms with Crippen molar-refractivity contribution in [1.29, 1.82) is 0 Å². The summed E-state index contributed by atoms with van der Waals surface area (Å²) in [7, 11) is 1.69. The van der Waals surface area contributed by atoms with Crippen molar-refractivity contribution in [3.63, 3.8) is 0 Å². The van der Waals surface area contributed by atoms with Crippen LogP contribution in [0.4, 0.5) is 0 Å². The average molecular weight is 258 g/mol. The summed E-state index contributed by atoms with van der Waals surface area (Å²) in [6.45, 7) is 2.92. The lowest BCUT2D eigenvalue weighted by Crippen LogP contribution is -2.15. The van der Waals surface area contributed by atoms with Crippen molar-refractivity contribution in [1.82, 2.24) is 0 Å². The van der Waals surface area contributed by atoms with E-state index in [1.165, 1.54) is 0 Å². The van der Waals surface area contributed by atoms with Gasteiger partial charge in [-0.25, -0.2) is 0 Å². The number of methoxy groups -OCH3 is 1. The number of hydrogen-bond donors (Lipinski definition) is 0. The highest BCUT2D eigenvalue weighted by Crippen LogP contribution is 2.02. The summed E-state index contributed by atoms with van der Waals surface area (Å²) in [4.78, 5) is 0. The second-order valence-electron chi connectivity index (χ2n) is 2.01. The van der Waals surface area contributed by atoms with Crippen LogP contribution >= 0.6 is 22.6 Å². The molecular weight excluding hydrogens is 243 g/mol. The van der Waals surface area contributed by atoms with Gasteiger partial charge in [-0.05, 0) is 6.42 Å². The summed E-state index contributed by atoms with van der Waals surface area (Å²) in [5, 5.41) is 0. The van der Waals surface area contributed by atoms with Crippen molar-refractivity contribution >= 4 is 22.6 Å². The predicted octanol–water partition coefficient (Wildman–Crippen LogP) is 2.21. The van der Waals surface area contributed by atoms with Gasteiger partial charge in [-0.15, -0.1) is 0 Å². The smallest absolute Gasteiger partial charge is 0.157 e. The number of rotatable bonds is 6. The molecule has 1 unspecified atom stereocenters. The first-order valence-electron chi connectivity index (χ1n) is 3.55.